The molecule has 0 aliphatic heterocycles. The maximum atomic E-state index is 11.1. The molecule has 4 nitrogen and oxygen atoms in total. The van der Waals surface area contributed by atoms with Crippen molar-refractivity contribution >= 4 is 5.97 Å². The average Bonchev–Trinajstić information content (AvgIpc) is 2.45. The Bertz CT molecular complexity index is 360. The van der Waals surface area contributed by atoms with Crippen LogP contribution in [0.3, 0.4) is 0 Å². The Balaban J connectivity index is 2.34. The Labute approximate surface area is 81.2 Å². The molecule has 76 valence electrons. The van der Waals surface area contributed by atoms with Crippen LogP contribution in [-0.2, 0) is 10.2 Å². The number of rotatable bonds is 2. The summed E-state index contributed by atoms with van der Waals surface area (Å²) in [6.07, 6.45) is -0.0265. The number of furan rings is 1. The van der Waals surface area contributed by atoms with Crippen molar-refractivity contribution in [2.75, 3.05) is 0 Å². The molecule has 0 aromatic carbocycles. The minimum atomic E-state index is -0.992. The van der Waals surface area contributed by atoms with Gasteiger partial charge in [0, 0.05) is 0 Å². The normalized spacial score (nSPS) is 31.1. The maximum Gasteiger partial charge on any atom is 0.317 e. The first-order chi connectivity index (χ1) is 6.54. The van der Waals surface area contributed by atoms with Crippen molar-refractivity contribution in [1.29, 1.82) is 0 Å². The summed E-state index contributed by atoms with van der Waals surface area (Å²) in [7, 11) is 0. The van der Waals surface area contributed by atoms with E-state index >= 15 is 0 Å². The highest BCUT2D eigenvalue weighted by Crippen LogP contribution is 2.44. The van der Waals surface area contributed by atoms with E-state index in [-0.39, 0.29) is 12.8 Å². The first kappa shape index (κ1) is 9.27. The minimum Gasteiger partial charge on any atom is -0.480 e. The van der Waals surface area contributed by atoms with Gasteiger partial charge in [0.05, 0.1) is 6.10 Å². The van der Waals surface area contributed by atoms with Gasteiger partial charge in [-0.25, -0.2) is 0 Å². The summed E-state index contributed by atoms with van der Waals surface area (Å²) in [5, 5.41) is 18.3. The second-order valence-corrected chi connectivity index (χ2v) is 3.86. The number of carbonyl (C=O) groups is 1. The molecule has 1 aromatic heterocycles. The molecule has 1 saturated carbocycles. The first-order valence-electron chi connectivity index (χ1n) is 4.53. The van der Waals surface area contributed by atoms with Gasteiger partial charge >= 0.3 is 5.97 Å². The standard InChI is InChI=1S/C10H12O4/c1-6-2-3-8(14-6)10(9(12)13)4-7(11)5-10/h2-3,7,11H,4-5H2,1H3,(H,12,13). The fraction of sp³-hybridized carbons (Fsp3) is 0.500. The molecule has 0 radical (unpaired) electrons. The van der Waals surface area contributed by atoms with E-state index in [1.165, 1.54) is 0 Å². The number of aliphatic carboxylic acids is 1. The molecule has 0 unspecified atom stereocenters. The smallest absolute Gasteiger partial charge is 0.317 e. The lowest BCUT2D eigenvalue weighted by atomic mass is 9.65. The van der Waals surface area contributed by atoms with E-state index < -0.39 is 17.5 Å². The van der Waals surface area contributed by atoms with Crippen LogP contribution in [0.15, 0.2) is 16.5 Å². The topological polar surface area (TPSA) is 70.7 Å². The summed E-state index contributed by atoms with van der Waals surface area (Å²) in [6, 6.07) is 3.42. The van der Waals surface area contributed by atoms with Crippen LogP contribution < -0.4 is 0 Å². The third kappa shape index (κ3) is 1.14. The van der Waals surface area contributed by atoms with Crippen molar-refractivity contribution in [1.82, 2.24) is 0 Å². The van der Waals surface area contributed by atoms with E-state index in [0.717, 1.165) is 0 Å². The zero-order valence-electron chi connectivity index (χ0n) is 7.86. The van der Waals surface area contributed by atoms with Crippen molar-refractivity contribution in [3.8, 4) is 0 Å². The zero-order valence-corrected chi connectivity index (χ0v) is 7.86. The number of aliphatic hydroxyl groups excluding tert-OH is 1. The zero-order chi connectivity index (χ0) is 10.3. The largest absolute Gasteiger partial charge is 0.480 e. The molecule has 4 heteroatoms. The van der Waals surface area contributed by atoms with Crippen molar-refractivity contribution in [2.45, 2.75) is 31.3 Å². The number of hydrogen-bond acceptors (Lipinski definition) is 3. The number of hydrogen-bond donors (Lipinski definition) is 2. The van der Waals surface area contributed by atoms with Crippen LogP contribution >= 0.6 is 0 Å². The second-order valence-electron chi connectivity index (χ2n) is 3.86. The summed E-state index contributed by atoms with van der Waals surface area (Å²) >= 11 is 0. The third-order valence-corrected chi connectivity index (χ3v) is 2.79. The van der Waals surface area contributed by atoms with Gasteiger partial charge in [-0.1, -0.05) is 0 Å². The van der Waals surface area contributed by atoms with Crippen molar-refractivity contribution < 1.29 is 19.4 Å². The lowest BCUT2D eigenvalue weighted by molar-refractivity contribution is -0.154. The van der Waals surface area contributed by atoms with Crippen molar-refractivity contribution in [2.24, 2.45) is 0 Å². The fourth-order valence-electron chi connectivity index (χ4n) is 1.92. The number of carboxylic acids is 1. The Hall–Kier alpha value is -1.29. The van der Waals surface area contributed by atoms with Gasteiger partial charge in [-0.2, -0.15) is 0 Å². The molecule has 0 bridgehead atoms. The van der Waals surface area contributed by atoms with Crippen molar-refractivity contribution in [3.63, 3.8) is 0 Å². The summed E-state index contributed by atoms with van der Waals surface area (Å²) in [4.78, 5) is 11.1. The van der Waals surface area contributed by atoms with Gasteiger partial charge in [0.15, 0.2) is 0 Å². The average molecular weight is 196 g/mol. The van der Waals surface area contributed by atoms with E-state index in [1.807, 2.05) is 0 Å². The molecule has 0 saturated heterocycles. The molecule has 1 heterocycles. The van der Waals surface area contributed by atoms with Crippen LogP contribution in [0.1, 0.15) is 24.4 Å². The van der Waals surface area contributed by atoms with Gasteiger partial charge in [-0.05, 0) is 31.9 Å². The molecule has 1 aromatic rings. The molecule has 14 heavy (non-hydrogen) atoms. The molecule has 2 rings (SSSR count). The molecule has 1 aliphatic carbocycles. The van der Waals surface area contributed by atoms with Crippen LogP contribution in [0.25, 0.3) is 0 Å². The third-order valence-electron chi connectivity index (χ3n) is 2.79. The SMILES string of the molecule is Cc1ccc(C2(C(=O)O)CC(O)C2)o1. The molecule has 2 N–H and O–H groups in total. The Morgan fingerprint density at radius 2 is 2.21 bits per heavy atom. The Kier molecular flexibility index (Phi) is 1.89. The van der Waals surface area contributed by atoms with E-state index in [2.05, 4.69) is 0 Å². The quantitative estimate of drug-likeness (QED) is 0.742. The highest BCUT2D eigenvalue weighted by Gasteiger charge is 2.53. The maximum absolute atomic E-state index is 11.1. The highest BCUT2D eigenvalue weighted by molar-refractivity contribution is 5.82. The lowest BCUT2D eigenvalue weighted by Gasteiger charge is -2.39. The van der Waals surface area contributed by atoms with Crippen LogP contribution in [0.5, 0.6) is 0 Å². The molecule has 0 amide bonds. The van der Waals surface area contributed by atoms with Gasteiger partial charge in [-0.3, -0.25) is 4.79 Å². The van der Waals surface area contributed by atoms with Crippen molar-refractivity contribution in [3.05, 3.63) is 23.7 Å². The molecular weight excluding hydrogens is 184 g/mol. The van der Waals surface area contributed by atoms with Crippen LogP contribution in [0.2, 0.25) is 0 Å². The Morgan fingerprint density at radius 1 is 1.57 bits per heavy atom. The molecule has 1 aliphatic rings. The van der Waals surface area contributed by atoms with Crippen LogP contribution in [-0.4, -0.2) is 22.3 Å². The lowest BCUT2D eigenvalue weighted by Crippen LogP contribution is -2.50. The summed E-state index contributed by atoms with van der Waals surface area (Å²) < 4.78 is 5.31. The Morgan fingerprint density at radius 3 is 2.57 bits per heavy atom. The summed E-state index contributed by atoms with van der Waals surface area (Å²) in [5.74, 6) is 0.229. The van der Waals surface area contributed by atoms with Gasteiger partial charge in [0.1, 0.15) is 16.9 Å². The van der Waals surface area contributed by atoms with Crippen LogP contribution in [0, 0.1) is 6.92 Å². The van der Waals surface area contributed by atoms with Crippen LogP contribution in [0.4, 0.5) is 0 Å². The molecule has 0 atom stereocenters. The monoisotopic (exact) mass is 196 g/mol. The highest BCUT2D eigenvalue weighted by atomic mass is 16.4. The minimum absolute atomic E-state index is 0.245. The molecule has 1 fully saturated rings. The summed E-state index contributed by atoms with van der Waals surface area (Å²) in [5.41, 5.74) is -0.992. The fourth-order valence-corrected chi connectivity index (χ4v) is 1.92. The number of aliphatic hydroxyl groups is 1. The van der Waals surface area contributed by atoms with E-state index in [9.17, 15) is 9.90 Å². The number of carboxylic acid groups (broad SMARTS) is 1. The van der Waals surface area contributed by atoms with Gasteiger partial charge in [-0.15, -0.1) is 0 Å². The predicted molar refractivity (Wildman–Crippen MR) is 48.0 cm³/mol. The molecule has 0 spiro atoms. The molecular formula is C10H12O4. The van der Waals surface area contributed by atoms with Gasteiger partial charge < -0.3 is 14.6 Å². The van der Waals surface area contributed by atoms with E-state index in [4.69, 9.17) is 9.52 Å². The predicted octanol–water partition coefficient (Wildman–Crippen LogP) is 1.07. The first-order valence-corrected chi connectivity index (χ1v) is 4.53. The number of aryl methyl sites for hydroxylation is 1. The van der Waals surface area contributed by atoms with E-state index in [1.54, 1.807) is 19.1 Å². The van der Waals surface area contributed by atoms with Gasteiger partial charge in [0.2, 0.25) is 0 Å². The van der Waals surface area contributed by atoms with E-state index in [0.29, 0.717) is 11.5 Å². The second kappa shape index (κ2) is 2.85. The van der Waals surface area contributed by atoms with Gasteiger partial charge in [0.25, 0.3) is 0 Å². The summed E-state index contributed by atoms with van der Waals surface area (Å²) in [6.45, 7) is 1.77.